The molecule has 3 aromatic rings. The molecule has 0 aliphatic rings. The monoisotopic (exact) mass is 410 g/mol. The van der Waals surface area contributed by atoms with Gasteiger partial charge in [-0.05, 0) is 35.7 Å². The first-order valence-corrected chi connectivity index (χ1v) is 9.82. The number of carbonyl (C=O) groups excluding carboxylic acids is 2. The van der Waals surface area contributed by atoms with Gasteiger partial charge in [0, 0.05) is 22.1 Å². The van der Waals surface area contributed by atoms with E-state index in [0.717, 1.165) is 5.56 Å². The van der Waals surface area contributed by atoms with E-state index in [4.69, 9.17) is 15.2 Å². The Bertz CT molecular complexity index is 974. The van der Waals surface area contributed by atoms with Crippen molar-refractivity contribution in [2.75, 3.05) is 14.2 Å². The van der Waals surface area contributed by atoms with Crippen LogP contribution < -0.4 is 15.2 Å². The third-order valence-electron chi connectivity index (χ3n) is 4.51. The summed E-state index contributed by atoms with van der Waals surface area (Å²) in [7, 11) is 3.12. The molecule has 0 saturated carbocycles. The molecule has 0 aliphatic carbocycles. The predicted octanol–water partition coefficient (Wildman–Crippen LogP) is 3.63. The Morgan fingerprint density at radius 3 is 2.38 bits per heavy atom. The molecule has 3 rings (SSSR count). The molecule has 1 unspecified atom stereocenters. The summed E-state index contributed by atoms with van der Waals surface area (Å²) in [6, 6.07) is 16.9. The van der Waals surface area contributed by atoms with Crippen molar-refractivity contribution in [1.29, 1.82) is 0 Å². The maximum absolute atomic E-state index is 13.4. The number of ether oxygens (including phenoxy) is 2. The van der Waals surface area contributed by atoms with E-state index < -0.39 is 11.9 Å². The fraction of sp³-hybridized carbons (Fsp3) is 0.182. The number of methoxy groups -OCH3 is 2. The zero-order valence-electron chi connectivity index (χ0n) is 16.2. The van der Waals surface area contributed by atoms with Crippen LogP contribution in [0.15, 0.2) is 66.0 Å². The fourth-order valence-electron chi connectivity index (χ4n) is 3.09. The van der Waals surface area contributed by atoms with Crippen LogP contribution in [-0.4, -0.2) is 30.9 Å². The molecule has 2 amide bonds. The van der Waals surface area contributed by atoms with E-state index in [0.29, 0.717) is 21.9 Å². The van der Waals surface area contributed by atoms with E-state index in [1.165, 1.54) is 16.2 Å². The number of amides is 2. The van der Waals surface area contributed by atoms with Crippen LogP contribution in [0.4, 0.5) is 0 Å². The van der Waals surface area contributed by atoms with Crippen molar-refractivity contribution in [3.05, 3.63) is 82.0 Å². The second kappa shape index (κ2) is 9.25. The molecule has 150 valence electrons. The SMILES string of the molecule is COc1ccc(CN(C(=O)c2ccccc2)C(C(N)=O)c2cccs2)c(OC)c1. The van der Waals surface area contributed by atoms with Crippen LogP contribution in [0.3, 0.4) is 0 Å². The highest BCUT2D eigenvalue weighted by Gasteiger charge is 2.32. The van der Waals surface area contributed by atoms with Gasteiger partial charge in [-0.15, -0.1) is 11.3 Å². The molecule has 1 atom stereocenters. The van der Waals surface area contributed by atoms with Gasteiger partial charge in [0.1, 0.15) is 17.5 Å². The smallest absolute Gasteiger partial charge is 0.255 e. The van der Waals surface area contributed by atoms with Crippen LogP contribution in [0.1, 0.15) is 26.8 Å². The quantitative estimate of drug-likeness (QED) is 0.615. The topological polar surface area (TPSA) is 81.9 Å². The van der Waals surface area contributed by atoms with Gasteiger partial charge in [-0.3, -0.25) is 9.59 Å². The van der Waals surface area contributed by atoms with Crippen LogP contribution in [0.5, 0.6) is 11.5 Å². The lowest BCUT2D eigenvalue weighted by Gasteiger charge is -2.30. The molecule has 29 heavy (non-hydrogen) atoms. The molecule has 0 saturated heterocycles. The zero-order chi connectivity index (χ0) is 20.8. The Morgan fingerprint density at radius 2 is 1.79 bits per heavy atom. The van der Waals surface area contributed by atoms with E-state index in [2.05, 4.69) is 0 Å². The molecule has 1 aromatic heterocycles. The lowest BCUT2D eigenvalue weighted by Crippen LogP contribution is -2.41. The second-order valence-electron chi connectivity index (χ2n) is 6.30. The number of nitrogens with zero attached hydrogens (tertiary/aromatic N) is 1. The van der Waals surface area contributed by atoms with Crippen molar-refractivity contribution in [2.24, 2.45) is 5.73 Å². The van der Waals surface area contributed by atoms with Crippen LogP contribution >= 0.6 is 11.3 Å². The number of hydrogen-bond acceptors (Lipinski definition) is 5. The number of carbonyl (C=O) groups is 2. The maximum Gasteiger partial charge on any atom is 0.255 e. The van der Waals surface area contributed by atoms with Crippen LogP contribution in [-0.2, 0) is 11.3 Å². The highest BCUT2D eigenvalue weighted by molar-refractivity contribution is 7.10. The van der Waals surface area contributed by atoms with Gasteiger partial charge in [0.25, 0.3) is 5.91 Å². The van der Waals surface area contributed by atoms with Gasteiger partial charge in [-0.1, -0.05) is 24.3 Å². The molecule has 7 heteroatoms. The first kappa shape index (κ1) is 20.4. The summed E-state index contributed by atoms with van der Waals surface area (Å²) in [5, 5.41) is 1.85. The molecule has 6 nitrogen and oxygen atoms in total. The minimum Gasteiger partial charge on any atom is -0.497 e. The van der Waals surface area contributed by atoms with Crippen LogP contribution in [0.2, 0.25) is 0 Å². The van der Waals surface area contributed by atoms with Gasteiger partial charge in [0.15, 0.2) is 0 Å². The minimum atomic E-state index is -0.894. The van der Waals surface area contributed by atoms with Crippen molar-refractivity contribution in [3.63, 3.8) is 0 Å². The van der Waals surface area contributed by atoms with Gasteiger partial charge in [-0.2, -0.15) is 0 Å². The van der Waals surface area contributed by atoms with Crippen LogP contribution in [0, 0.1) is 0 Å². The Balaban J connectivity index is 2.06. The number of hydrogen-bond donors (Lipinski definition) is 1. The standard InChI is InChI=1S/C22H22N2O4S/c1-27-17-11-10-16(18(13-17)28-2)14-24(22(26)15-7-4-3-5-8-15)20(21(23)25)19-9-6-12-29-19/h3-13,20H,14H2,1-2H3,(H2,23,25). The van der Waals surface area contributed by atoms with Gasteiger partial charge >= 0.3 is 0 Å². The van der Waals surface area contributed by atoms with E-state index in [1.807, 2.05) is 23.6 Å². The molecular formula is C22H22N2O4S. The van der Waals surface area contributed by atoms with Crippen molar-refractivity contribution >= 4 is 23.2 Å². The number of rotatable bonds is 8. The highest BCUT2D eigenvalue weighted by atomic mass is 32.1. The number of nitrogens with two attached hydrogens (primary N) is 1. The summed E-state index contributed by atoms with van der Waals surface area (Å²) in [5.41, 5.74) is 6.95. The molecular weight excluding hydrogens is 388 g/mol. The summed E-state index contributed by atoms with van der Waals surface area (Å²) in [6.07, 6.45) is 0. The van der Waals surface area contributed by atoms with Crippen molar-refractivity contribution in [1.82, 2.24) is 4.90 Å². The number of benzene rings is 2. The average molecular weight is 410 g/mol. The van der Waals surface area contributed by atoms with Gasteiger partial charge in [0.2, 0.25) is 5.91 Å². The van der Waals surface area contributed by atoms with Gasteiger partial charge in [-0.25, -0.2) is 0 Å². The summed E-state index contributed by atoms with van der Waals surface area (Å²) in [4.78, 5) is 28.0. The first-order valence-electron chi connectivity index (χ1n) is 8.94. The molecule has 2 N–H and O–H groups in total. The summed E-state index contributed by atoms with van der Waals surface area (Å²) < 4.78 is 10.7. The molecule has 0 bridgehead atoms. The number of thiophene rings is 1. The van der Waals surface area contributed by atoms with Crippen molar-refractivity contribution in [3.8, 4) is 11.5 Å². The summed E-state index contributed by atoms with van der Waals surface area (Å²) >= 11 is 1.38. The fourth-order valence-corrected chi connectivity index (χ4v) is 3.93. The van der Waals surface area contributed by atoms with Gasteiger partial charge in [0.05, 0.1) is 20.8 Å². The molecule has 0 spiro atoms. The predicted molar refractivity (Wildman–Crippen MR) is 112 cm³/mol. The third kappa shape index (κ3) is 4.57. The van der Waals surface area contributed by atoms with Crippen molar-refractivity contribution < 1.29 is 19.1 Å². The molecule has 0 aliphatic heterocycles. The molecule has 0 radical (unpaired) electrons. The normalized spacial score (nSPS) is 11.5. The van der Waals surface area contributed by atoms with Crippen LogP contribution in [0.25, 0.3) is 0 Å². The zero-order valence-corrected chi connectivity index (χ0v) is 17.0. The van der Waals surface area contributed by atoms with E-state index in [1.54, 1.807) is 56.7 Å². The lowest BCUT2D eigenvalue weighted by molar-refractivity contribution is -0.122. The summed E-state index contributed by atoms with van der Waals surface area (Å²) in [5.74, 6) is 0.311. The minimum absolute atomic E-state index is 0.145. The van der Waals surface area contributed by atoms with E-state index in [-0.39, 0.29) is 12.5 Å². The molecule has 2 aromatic carbocycles. The molecule has 0 fully saturated rings. The highest BCUT2D eigenvalue weighted by Crippen LogP contribution is 2.32. The lowest BCUT2D eigenvalue weighted by atomic mass is 10.1. The third-order valence-corrected chi connectivity index (χ3v) is 5.44. The Morgan fingerprint density at radius 1 is 1.03 bits per heavy atom. The van der Waals surface area contributed by atoms with Crippen molar-refractivity contribution in [2.45, 2.75) is 12.6 Å². The average Bonchev–Trinajstić information content (AvgIpc) is 3.27. The largest absolute Gasteiger partial charge is 0.497 e. The second-order valence-corrected chi connectivity index (χ2v) is 7.28. The molecule has 1 heterocycles. The summed E-state index contributed by atoms with van der Waals surface area (Å²) in [6.45, 7) is 0.145. The Labute approximate surface area is 173 Å². The van der Waals surface area contributed by atoms with E-state index >= 15 is 0 Å². The Hall–Kier alpha value is -3.32. The first-order chi connectivity index (χ1) is 14.0. The number of primary amides is 1. The van der Waals surface area contributed by atoms with Gasteiger partial charge < -0.3 is 20.1 Å². The Kier molecular flexibility index (Phi) is 6.51. The maximum atomic E-state index is 13.4. The van der Waals surface area contributed by atoms with E-state index in [9.17, 15) is 9.59 Å².